The van der Waals surface area contributed by atoms with Crippen molar-refractivity contribution in [3.63, 3.8) is 0 Å². The second-order valence-corrected chi connectivity index (χ2v) is 9.08. The number of benzene rings is 1. The molecular formula is C25H25N3O4S. The van der Waals surface area contributed by atoms with Gasteiger partial charge in [0.15, 0.2) is 11.5 Å². The lowest BCUT2D eigenvalue weighted by atomic mass is 9.97. The zero-order valence-electron chi connectivity index (χ0n) is 18.9. The lowest BCUT2D eigenvalue weighted by Gasteiger charge is -2.17. The van der Waals surface area contributed by atoms with Gasteiger partial charge < -0.3 is 14.2 Å². The average Bonchev–Trinajstić information content (AvgIpc) is 3.24. The molecule has 1 aliphatic carbocycles. The van der Waals surface area contributed by atoms with Crippen LogP contribution in [0.15, 0.2) is 41.5 Å². The molecule has 0 unspecified atom stereocenters. The first-order chi connectivity index (χ1) is 16.1. The zero-order chi connectivity index (χ0) is 22.9. The van der Waals surface area contributed by atoms with Crippen LogP contribution in [0.25, 0.3) is 21.6 Å². The molecule has 0 atom stereocenters. The first-order valence-electron chi connectivity index (χ1n) is 10.9. The van der Waals surface area contributed by atoms with Crippen LogP contribution in [0.5, 0.6) is 17.2 Å². The van der Waals surface area contributed by atoms with Crippen molar-refractivity contribution in [2.24, 2.45) is 0 Å². The molecule has 8 heteroatoms. The van der Waals surface area contributed by atoms with Crippen LogP contribution in [-0.4, -0.2) is 35.9 Å². The van der Waals surface area contributed by atoms with Gasteiger partial charge >= 0.3 is 0 Å². The molecule has 7 nitrogen and oxygen atoms in total. The summed E-state index contributed by atoms with van der Waals surface area (Å²) in [6, 6.07) is 7.51. The van der Waals surface area contributed by atoms with Crippen molar-refractivity contribution < 1.29 is 14.2 Å². The highest BCUT2D eigenvalue weighted by molar-refractivity contribution is 7.18. The van der Waals surface area contributed by atoms with Crippen molar-refractivity contribution in [2.75, 3.05) is 21.3 Å². The van der Waals surface area contributed by atoms with Crippen molar-refractivity contribution in [1.82, 2.24) is 14.5 Å². The SMILES string of the molecule is COc1cc(-c2nc3sc4c(c3c(=O)n2Cc2cccnc2)CCCC4)cc(OC)c1OC. The summed E-state index contributed by atoms with van der Waals surface area (Å²) in [5, 5.41) is 0.759. The van der Waals surface area contributed by atoms with E-state index >= 15 is 0 Å². The van der Waals surface area contributed by atoms with Gasteiger partial charge in [0.25, 0.3) is 5.56 Å². The number of aromatic nitrogens is 3. The Kier molecular flexibility index (Phi) is 5.76. The quantitative estimate of drug-likeness (QED) is 0.420. The van der Waals surface area contributed by atoms with E-state index in [-0.39, 0.29) is 5.56 Å². The predicted octanol–water partition coefficient (Wildman–Crippen LogP) is 4.47. The van der Waals surface area contributed by atoms with Crippen LogP contribution >= 0.6 is 11.3 Å². The Morgan fingerprint density at radius 3 is 2.48 bits per heavy atom. The Hall–Kier alpha value is -3.39. The number of methoxy groups -OCH3 is 3. The molecule has 0 fully saturated rings. The fourth-order valence-electron chi connectivity index (χ4n) is 4.49. The van der Waals surface area contributed by atoms with E-state index in [0.29, 0.717) is 29.6 Å². The fraction of sp³-hybridized carbons (Fsp3) is 0.320. The molecule has 170 valence electrons. The molecule has 0 radical (unpaired) electrons. The minimum absolute atomic E-state index is 0.0213. The second-order valence-electron chi connectivity index (χ2n) is 7.99. The zero-order valence-corrected chi connectivity index (χ0v) is 19.7. The highest BCUT2D eigenvalue weighted by atomic mass is 32.1. The summed E-state index contributed by atoms with van der Waals surface area (Å²) in [7, 11) is 4.72. The first-order valence-corrected chi connectivity index (χ1v) is 11.7. The van der Waals surface area contributed by atoms with Crippen LogP contribution in [0.3, 0.4) is 0 Å². The van der Waals surface area contributed by atoms with Gasteiger partial charge in [-0.2, -0.15) is 0 Å². The maximum atomic E-state index is 13.9. The second kappa shape index (κ2) is 8.86. The van der Waals surface area contributed by atoms with Gasteiger partial charge in [0.05, 0.1) is 33.3 Å². The Balaban J connectivity index is 1.79. The van der Waals surface area contributed by atoms with Crippen LogP contribution in [0.1, 0.15) is 28.8 Å². The number of thiophene rings is 1. The summed E-state index contributed by atoms with van der Waals surface area (Å²) in [4.78, 5) is 25.2. The Morgan fingerprint density at radius 1 is 1.06 bits per heavy atom. The third kappa shape index (κ3) is 3.74. The standard InChI is InChI=1S/C25H25N3O4S/c1-30-18-11-16(12-19(31-2)22(18)32-3)23-27-24-21(17-8-4-5-9-20(17)33-24)25(29)28(23)14-15-7-6-10-26-13-15/h6-7,10-13H,4-5,8-9,14H2,1-3H3. The van der Waals surface area contributed by atoms with E-state index in [1.165, 1.54) is 10.4 Å². The van der Waals surface area contributed by atoms with Crippen LogP contribution in [0.4, 0.5) is 0 Å². The number of ether oxygens (including phenoxy) is 3. The molecule has 3 heterocycles. The summed E-state index contributed by atoms with van der Waals surface area (Å²) >= 11 is 1.64. The van der Waals surface area contributed by atoms with Gasteiger partial charge in [0.1, 0.15) is 10.7 Å². The van der Waals surface area contributed by atoms with E-state index in [9.17, 15) is 4.79 Å². The smallest absolute Gasteiger partial charge is 0.263 e. The number of hydrogen-bond donors (Lipinski definition) is 0. The minimum atomic E-state index is -0.0213. The predicted molar refractivity (Wildman–Crippen MR) is 129 cm³/mol. The summed E-state index contributed by atoms with van der Waals surface area (Å²) in [5.41, 5.74) is 2.81. The van der Waals surface area contributed by atoms with Crippen LogP contribution in [-0.2, 0) is 19.4 Å². The summed E-state index contributed by atoms with van der Waals surface area (Å²) in [6.07, 6.45) is 7.71. The van der Waals surface area contributed by atoms with E-state index < -0.39 is 0 Å². The molecule has 0 amide bonds. The van der Waals surface area contributed by atoms with Gasteiger partial charge in [-0.1, -0.05) is 6.07 Å². The third-order valence-corrected chi connectivity index (χ3v) is 7.25. The van der Waals surface area contributed by atoms with Gasteiger partial charge in [-0.25, -0.2) is 4.98 Å². The summed E-state index contributed by atoms with van der Waals surface area (Å²) < 4.78 is 18.3. The molecule has 33 heavy (non-hydrogen) atoms. The number of hydrogen-bond acceptors (Lipinski definition) is 7. The monoisotopic (exact) mass is 463 g/mol. The lowest BCUT2D eigenvalue weighted by Crippen LogP contribution is -2.24. The number of nitrogens with zero attached hydrogens (tertiary/aromatic N) is 3. The molecule has 0 saturated carbocycles. The summed E-state index contributed by atoms with van der Waals surface area (Å²) in [5.74, 6) is 2.09. The normalized spacial score (nSPS) is 13.1. The molecule has 5 rings (SSSR count). The van der Waals surface area contributed by atoms with E-state index in [2.05, 4.69) is 4.98 Å². The molecule has 1 aliphatic rings. The van der Waals surface area contributed by atoms with Crippen molar-refractivity contribution >= 4 is 21.6 Å². The highest BCUT2D eigenvalue weighted by Gasteiger charge is 2.24. The molecule has 0 aliphatic heterocycles. The molecule has 0 bridgehead atoms. The molecular weight excluding hydrogens is 438 g/mol. The van der Waals surface area contributed by atoms with E-state index in [0.717, 1.165) is 47.0 Å². The number of rotatable bonds is 6. The lowest BCUT2D eigenvalue weighted by molar-refractivity contribution is 0.324. The number of pyridine rings is 1. The topological polar surface area (TPSA) is 75.5 Å². The largest absolute Gasteiger partial charge is 0.493 e. The van der Waals surface area contributed by atoms with Crippen LogP contribution < -0.4 is 19.8 Å². The van der Waals surface area contributed by atoms with Gasteiger partial charge in [0.2, 0.25) is 5.75 Å². The first kappa shape index (κ1) is 21.5. The summed E-state index contributed by atoms with van der Waals surface area (Å²) in [6.45, 7) is 0.367. The van der Waals surface area contributed by atoms with Gasteiger partial charge in [-0.05, 0) is 55.0 Å². The van der Waals surface area contributed by atoms with Crippen molar-refractivity contribution in [1.29, 1.82) is 0 Å². The molecule has 1 aromatic carbocycles. The Bertz CT molecular complexity index is 1350. The molecule has 4 aromatic rings. The highest BCUT2D eigenvalue weighted by Crippen LogP contribution is 2.41. The van der Waals surface area contributed by atoms with E-state index in [1.807, 2.05) is 24.3 Å². The Morgan fingerprint density at radius 2 is 1.82 bits per heavy atom. The molecule has 0 saturated heterocycles. The average molecular weight is 464 g/mol. The molecule has 0 N–H and O–H groups in total. The number of aryl methyl sites for hydroxylation is 2. The van der Waals surface area contributed by atoms with Gasteiger partial charge in [-0.15, -0.1) is 11.3 Å². The molecule has 3 aromatic heterocycles. The minimum Gasteiger partial charge on any atom is -0.493 e. The van der Waals surface area contributed by atoms with Crippen molar-refractivity contribution in [2.45, 2.75) is 32.2 Å². The maximum absolute atomic E-state index is 13.9. The fourth-order valence-corrected chi connectivity index (χ4v) is 5.74. The van der Waals surface area contributed by atoms with Crippen LogP contribution in [0.2, 0.25) is 0 Å². The Labute approximate surface area is 195 Å². The van der Waals surface area contributed by atoms with E-state index in [4.69, 9.17) is 19.2 Å². The maximum Gasteiger partial charge on any atom is 0.263 e. The molecule has 0 spiro atoms. The van der Waals surface area contributed by atoms with Gasteiger partial charge in [0, 0.05) is 22.8 Å². The van der Waals surface area contributed by atoms with E-state index in [1.54, 1.807) is 49.6 Å². The van der Waals surface area contributed by atoms with Crippen LogP contribution in [0, 0.1) is 0 Å². The van der Waals surface area contributed by atoms with Gasteiger partial charge in [-0.3, -0.25) is 14.3 Å². The third-order valence-electron chi connectivity index (χ3n) is 6.06. The number of fused-ring (bicyclic) bond motifs is 3. The van der Waals surface area contributed by atoms with Crippen molar-refractivity contribution in [3.05, 3.63) is 63.0 Å². The van der Waals surface area contributed by atoms with Crippen molar-refractivity contribution in [3.8, 4) is 28.6 Å².